The van der Waals surface area contributed by atoms with E-state index in [2.05, 4.69) is 16.4 Å². The number of fused-ring (bicyclic) bond motifs is 1. The lowest BCUT2D eigenvalue weighted by Gasteiger charge is -2.15. The van der Waals surface area contributed by atoms with Crippen LogP contribution in [0.15, 0.2) is 48.7 Å². The van der Waals surface area contributed by atoms with Crippen LogP contribution in [0.3, 0.4) is 0 Å². The first-order valence-electron chi connectivity index (χ1n) is 8.48. The molecule has 0 atom stereocenters. The number of rotatable bonds is 7. The molecule has 3 rings (SSSR count). The number of nitrogens with one attached hydrogen (secondary N) is 1. The molecular weight excluding hydrogens is 326 g/mol. The molecule has 0 amide bonds. The summed E-state index contributed by atoms with van der Waals surface area (Å²) >= 11 is 0. The second-order valence-corrected chi connectivity index (χ2v) is 5.83. The Bertz CT molecular complexity index is 948. The third-order valence-electron chi connectivity index (χ3n) is 4.25. The van der Waals surface area contributed by atoms with E-state index >= 15 is 0 Å². The molecule has 0 bridgehead atoms. The van der Waals surface area contributed by atoms with E-state index in [-0.39, 0.29) is 0 Å². The van der Waals surface area contributed by atoms with Crippen LogP contribution in [0.1, 0.15) is 12.0 Å². The summed E-state index contributed by atoms with van der Waals surface area (Å²) in [6.07, 6.45) is 2.70. The highest BCUT2D eigenvalue weighted by Crippen LogP contribution is 2.37. The molecule has 0 aliphatic carbocycles. The number of para-hydroxylation sites is 1. The lowest BCUT2D eigenvalue weighted by atomic mass is 9.97. The van der Waals surface area contributed by atoms with Gasteiger partial charge in [-0.2, -0.15) is 5.26 Å². The summed E-state index contributed by atoms with van der Waals surface area (Å²) in [7, 11) is 3.34. The molecule has 0 unspecified atom stereocenters. The monoisotopic (exact) mass is 347 g/mol. The number of hydrogen-bond acceptors (Lipinski definition) is 5. The van der Waals surface area contributed by atoms with E-state index in [1.165, 1.54) is 0 Å². The standard InChI is InChI=1S/C21H21N3O2/c1-25-12-6-11-23-21-20-15(13-22)7-5-9-17(20)18(14-24-21)16-8-3-4-10-19(16)26-2/h3-5,7-10,14H,6,11-12H2,1-2H3,(H,23,24). The van der Waals surface area contributed by atoms with Crippen LogP contribution in [0.25, 0.3) is 21.9 Å². The molecule has 0 aliphatic heterocycles. The minimum Gasteiger partial charge on any atom is -0.496 e. The van der Waals surface area contributed by atoms with Gasteiger partial charge in [-0.05, 0) is 23.9 Å². The second-order valence-electron chi connectivity index (χ2n) is 5.83. The van der Waals surface area contributed by atoms with Crippen molar-refractivity contribution in [2.45, 2.75) is 6.42 Å². The van der Waals surface area contributed by atoms with Crippen molar-refractivity contribution in [1.82, 2.24) is 4.98 Å². The van der Waals surface area contributed by atoms with Crippen LogP contribution in [-0.4, -0.2) is 32.4 Å². The smallest absolute Gasteiger partial charge is 0.135 e. The number of anilines is 1. The van der Waals surface area contributed by atoms with Crippen molar-refractivity contribution in [1.29, 1.82) is 5.26 Å². The van der Waals surface area contributed by atoms with Crippen molar-refractivity contribution in [3.63, 3.8) is 0 Å². The number of ether oxygens (including phenoxy) is 2. The first kappa shape index (κ1) is 17.7. The molecule has 1 aromatic heterocycles. The van der Waals surface area contributed by atoms with Crippen LogP contribution in [0.2, 0.25) is 0 Å². The highest BCUT2D eigenvalue weighted by molar-refractivity contribution is 6.05. The molecule has 132 valence electrons. The zero-order valence-corrected chi connectivity index (χ0v) is 15.0. The number of methoxy groups -OCH3 is 2. The van der Waals surface area contributed by atoms with Crippen molar-refractivity contribution < 1.29 is 9.47 Å². The van der Waals surface area contributed by atoms with Gasteiger partial charge in [-0.25, -0.2) is 4.98 Å². The maximum absolute atomic E-state index is 9.58. The molecule has 1 N–H and O–H groups in total. The molecule has 26 heavy (non-hydrogen) atoms. The molecule has 0 fully saturated rings. The molecule has 0 saturated heterocycles. The highest BCUT2D eigenvalue weighted by atomic mass is 16.5. The fourth-order valence-electron chi connectivity index (χ4n) is 3.03. The fraction of sp³-hybridized carbons (Fsp3) is 0.238. The number of benzene rings is 2. The zero-order valence-electron chi connectivity index (χ0n) is 15.0. The predicted octanol–water partition coefficient (Wildman–Crippen LogP) is 4.23. The van der Waals surface area contributed by atoms with E-state index in [1.807, 2.05) is 48.7 Å². The van der Waals surface area contributed by atoms with Gasteiger partial charge in [0.25, 0.3) is 0 Å². The van der Waals surface area contributed by atoms with E-state index in [0.717, 1.165) is 40.6 Å². The normalized spacial score (nSPS) is 10.5. The highest BCUT2D eigenvalue weighted by Gasteiger charge is 2.15. The Kier molecular flexibility index (Phi) is 5.67. The van der Waals surface area contributed by atoms with E-state index in [0.29, 0.717) is 18.0 Å². The van der Waals surface area contributed by atoms with Crippen LogP contribution in [-0.2, 0) is 4.74 Å². The van der Waals surface area contributed by atoms with E-state index in [1.54, 1.807) is 14.2 Å². The minimum atomic E-state index is 0.598. The Morgan fingerprint density at radius 3 is 2.69 bits per heavy atom. The minimum absolute atomic E-state index is 0.598. The first-order chi connectivity index (χ1) is 12.8. The predicted molar refractivity (Wildman–Crippen MR) is 103 cm³/mol. The van der Waals surface area contributed by atoms with Crippen molar-refractivity contribution in [2.24, 2.45) is 0 Å². The van der Waals surface area contributed by atoms with Gasteiger partial charge in [0.2, 0.25) is 0 Å². The Morgan fingerprint density at radius 2 is 1.92 bits per heavy atom. The average molecular weight is 347 g/mol. The van der Waals surface area contributed by atoms with Crippen molar-refractivity contribution in [3.05, 3.63) is 54.2 Å². The maximum Gasteiger partial charge on any atom is 0.135 e. The second kappa shape index (κ2) is 8.32. The Morgan fingerprint density at radius 1 is 1.08 bits per heavy atom. The van der Waals surface area contributed by atoms with E-state index < -0.39 is 0 Å². The quantitative estimate of drug-likeness (QED) is 0.648. The molecule has 1 heterocycles. The van der Waals surface area contributed by atoms with Gasteiger partial charge in [-0.1, -0.05) is 30.3 Å². The maximum atomic E-state index is 9.58. The van der Waals surface area contributed by atoms with Gasteiger partial charge in [0.05, 0.1) is 18.7 Å². The SMILES string of the molecule is COCCCNc1ncc(-c2ccccc2OC)c2cccc(C#N)c12. The molecule has 3 aromatic rings. The van der Waals surface area contributed by atoms with Crippen molar-refractivity contribution >= 4 is 16.6 Å². The van der Waals surface area contributed by atoms with E-state index in [4.69, 9.17) is 9.47 Å². The van der Waals surface area contributed by atoms with Gasteiger partial charge in [0, 0.05) is 43.0 Å². The third-order valence-corrected chi connectivity index (χ3v) is 4.25. The number of pyridine rings is 1. The van der Waals surface area contributed by atoms with Gasteiger partial charge in [0.15, 0.2) is 0 Å². The van der Waals surface area contributed by atoms with Crippen LogP contribution in [0, 0.1) is 11.3 Å². The van der Waals surface area contributed by atoms with Crippen LogP contribution in [0.5, 0.6) is 5.75 Å². The summed E-state index contributed by atoms with van der Waals surface area (Å²) in [5, 5.41) is 14.7. The van der Waals surface area contributed by atoms with Gasteiger partial charge >= 0.3 is 0 Å². The first-order valence-corrected chi connectivity index (χ1v) is 8.48. The summed E-state index contributed by atoms with van der Waals surface area (Å²) in [6, 6.07) is 15.8. The molecule has 0 radical (unpaired) electrons. The van der Waals surface area contributed by atoms with Crippen LogP contribution >= 0.6 is 0 Å². The van der Waals surface area contributed by atoms with Gasteiger partial charge in [-0.3, -0.25) is 0 Å². The van der Waals surface area contributed by atoms with Gasteiger partial charge in [0.1, 0.15) is 11.6 Å². The summed E-state index contributed by atoms with van der Waals surface area (Å²) in [5.74, 6) is 1.49. The van der Waals surface area contributed by atoms with E-state index in [9.17, 15) is 5.26 Å². The third kappa shape index (κ3) is 3.46. The zero-order chi connectivity index (χ0) is 18.4. The number of aromatic nitrogens is 1. The van der Waals surface area contributed by atoms with Crippen LogP contribution in [0.4, 0.5) is 5.82 Å². The molecule has 0 aliphatic rings. The van der Waals surface area contributed by atoms with Crippen molar-refractivity contribution in [2.75, 3.05) is 32.7 Å². The largest absolute Gasteiger partial charge is 0.496 e. The topological polar surface area (TPSA) is 67.2 Å². The van der Waals surface area contributed by atoms with Gasteiger partial charge < -0.3 is 14.8 Å². The molecule has 0 saturated carbocycles. The van der Waals surface area contributed by atoms with Crippen molar-refractivity contribution in [3.8, 4) is 22.9 Å². The number of nitrogens with zero attached hydrogens (tertiary/aromatic N) is 2. The van der Waals surface area contributed by atoms with Crippen LogP contribution < -0.4 is 10.1 Å². The number of hydrogen-bond donors (Lipinski definition) is 1. The summed E-state index contributed by atoms with van der Waals surface area (Å²) in [4.78, 5) is 4.61. The average Bonchev–Trinajstić information content (AvgIpc) is 2.70. The summed E-state index contributed by atoms with van der Waals surface area (Å²) in [6.45, 7) is 1.40. The molecular formula is C21H21N3O2. The lowest BCUT2D eigenvalue weighted by Crippen LogP contribution is -2.07. The Balaban J connectivity index is 2.14. The Labute approximate surface area is 153 Å². The Hall–Kier alpha value is -3.10. The van der Waals surface area contributed by atoms with Gasteiger partial charge in [-0.15, -0.1) is 0 Å². The summed E-state index contributed by atoms with van der Waals surface area (Å²) in [5.41, 5.74) is 2.49. The molecule has 2 aromatic carbocycles. The lowest BCUT2D eigenvalue weighted by molar-refractivity contribution is 0.198. The molecule has 5 heteroatoms. The molecule has 5 nitrogen and oxygen atoms in total. The number of nitriles is 1. The fourth-order valence-corrected chi connectivity index (χ4v) is 3.03. The summed E-state index contributed by atoms with van der Waals surface area (Å²) < 4.78 is 10.6. The molecule has 0 spiro atoms.